The number of allylic oxidation sites excluding steroid dienone is 1. The van der Waals surface area contributed by atoms with Crippen LogP contribution in [0.3, 0.4) is 0 Å². The average molecular weight is 273 g/mol. The minimum absolute atomic E-state index is 0.204. The van der Waals surface area contributed by atoms with Crippen LogP contribution in [0.4, 0.5) is 0 Å². The minimum atomic E-state index is 0.204. The van der Waals surface area contributed by atoms with Gasteiger partial charge >= 0.3 is 0 Å². The quantitative estimate of drug-likeness (QED) is 0.805. The summed E-state index contributed by atoms with van der Waals surface area (Å²) >= 11 is 0. The van der Waals surface area contributed by atoms with Crippen molar-refractivity contribution in [3.05, 3.63) is 35.9 Å². The van der Waals surface area contributed by atoms with Crippen molar-refractivity contribution in [1.29, 1.82) is 0 Å². The largest absolute Gasteiger partial charge is 0.497 e. The zero-order valence-corrected chi connectivity index (χ0v) is 12.1. The molecule has 0 heterocycles. The highest BCUT2D eigenvalue weighted by atomic mass is 16.5. The SMILES string of the molecule is COc1ccc(CNC2CC2)c(OC2C=CCCC2)c1. The van der Waals surface area contributed by atoms with Crippen molar-refractivity contribution in [2.24, 2.45) is 0 Å². The van der Waals surface area contributed by atoms with Crippen LogP contribution in [0.15, 0.2) is 30.4 Å². The zero-order valence-electron chi connectivity index (χ0n) is 12.1. The average Bonchev–Trinajstić information content (AvgIpc) is 3.31. The summed E-state index contributed by atoms with van der Waals surface area (Å²) in [5.74, 6) is 1.81. The van der Waals surface area contributed by atoms with E-state index >= 15 is 0 Å². The van der Waals surface area contributed by atoms with Gasteiger partial charge in [-0.2, -0.15) is 0 Å². The van der Waals surface area contributed by atoms with E-state index in [1.165, 1.54) is 31.2 Å². The maximum atomic E-state index is 6.17. The molecule has 20 heavy (non-hydrogen) atoms. The Morgan fingerprint density at radius 2 is 2.15 bits per heavy atom. The summed E-state index contributed by atoms with van der Waals surface area (Å²) in [6.07, 6.45) is 10.7. The van der Waals surface area contributed by atoms with Crippen LogP contribution in [-0.2, 0) is 6.54 Å². The van der Waals surface area contributed by atoms with E-state index in [-0.39, 0.29) is 6.10 Å². The Kier molecular flexibility index (Phi) is 4.26. The predicted molar refractivity (Wildman–Crippen MR) is 80.3 cm³/mol. The third-order valence-electron chi connectivity index (χ3n) is 3.92. The van der Waals surface area contributed by atoms with Gasteiger partial charge < -0.3 is 14.8 Å². The van der Waals surface area contributed by atoms with Crippen molar-refractivity contribution in [3.63, 3.8) is 0 Å². The Labute approximate surface area is 121 Å². The lowest BCUT2D eigenvalue weighted by molar-refractivity contribution is 0.226. The summed E-state index contributed by atoms with van der Waals surface area (Å²) in [6, 6.07) is 6.83. The van der Waals surface area contributed by atoms with Crippen molar-refractivity contribution in [3.8, 4) is 11.5 Å². The van der Waals surface area contributed by atoms with Crippen LogP contribution in [-0.4, -0.2) is 19.3 Å². The van der Waals surface area contributed by atoms with E-state index in [9.17, 15) is 0 Å². The molecule has 2 aliphatic rings. The Balaban J connectivity index is 1.72. The highest BCUT2D eigenvalue weighted by Gasteiger charge is 2.21. The predicted octanol–water partition coefficient (Wildman–Crippen LogP) is 3.43. The second-order valence-corrected chi connectivity index (χ2v) is 5.64. The van der Waals surface area contributed by atoms with Crippen molar-refractivity contribution in [1.82, 2.24) is 5.32 Å². The van der Waals surface area contributed by atoms with Gasteiger partial charge in [0, 0.05) is 24.2 Å². The van der Waals surface area contributed by atoms with Crippen molar-refractivity contribution in [2.45, 2.75) is 50.8 Å². The number of ether oxygens (including phenoxy) is 2. The fraction of sp³-hybridized carbons (Fsp3) is 0.529. The maximum Gasteiger partial charge on any atom is 0.128 e. The number of rotatable bonds is 6. The molecule has 1 N–H and O–H groups in total. The summed E-state index contributed by atoms with van der Waals surface area (Å²) < 4.78 is 11.5. The molecule has 0 bridgehead atoms. The number of hydrogen-bond donors (Lipinski definition) is 1. The van der Waals surface area contributed by atoms with Gasteiger partial charge in [-0.25, -0.2) is 0 Å². The summed E-state index contributed by atoms with van der Waals surface area (Å²) in [7, 11) is 1.70. The van der Waals surface area contributed by atoms with Crippen LogP contribution in [0.2, 0.25) is 0 Å². The van der Waals surface area contributed by atoms with Crippen LogP contribution >= 0.6 is 0 Å². The first-order valence-corrected chi connectivity index (χ1v) is 7.59. The molecule has 0 radical (unpaired) electrons. The molecule has 1 fully saturated rings. The minimum Gasteiger partial charge on any atom is -0.497 e. The highest BCUT2D eigenvalue weighted by Crippen LogP contribution is 2.29. The van der Waals surface area contributed by atoms with Gasteiger partial charge in [-0.15, -0.1) is 0 Å². The van der Waals surface area contributed by atoms with E-state index in [0.717, 1.165) is 24.5 Å². The molecular formula is C17H23NO2. The molecule has 3 heteroatoms. The summed E-state index contributed by atoms with van der Waals surface area (Å²) in [4.78, 5) is 0. The van der Waals surface area contributed by atoms with Crippen LogP contribution < -0.4 is 14.8 Å². The normalized spacial score (nSPS) is 21.8. The molecule has 3 rings (SSSR count). The molecular weight excluding hydrogens is 250 g/mol. The molecule has 108 valence electrons. The standard InChI is InChI=1S/C17H23NO2/c1-19-16-10-7-13(12-18-14-8-9-14)17(11-16)20-15-5-3-2-4-6-15/h3,5,7,10-11,14-15,18H,2,4,6,8-9,12H2,1H3. The van der Waals surface area contributed by atoms with Crippen molar-refractivity contribution >= 4 is 0 Å². The van der Waals surface area contributed by atoms with E-state index < -0.39 is 0 Å². The fourth-order valence-corrected chi connectivity index (χ4v) is 2.50. The van der Waals surface area contributed by atoms with Crippen LogP contribution in [0.5, 0.6) is 11.5 Å². The van der Waals surface area contributed by atoms with Crippen LogP contribution in [0.25, 0.3) is 0 Å². The molecule has 2 aliphatic carbocycles. The zero-order chi connectivity index (χ0) is 13.8. The van der Waals surface area contributed by atoms with Gasteiger partial charge in [0.2, 0.25) is 0 Å². The van der Waals surface area contributed by atoms with Gasteiger partial charge in [-0.1, -0.05) is 12.1 Å². The Morgan fingerprint density at radius 1 is 1.25 bits per heavy atom. The first kappa shape index (κ1) is 13.5. The van der Waals surface area contributed by atoms with E-state index in [0.29, 0.717) is 6.04 Å². The molecule has 0 amide bonds. The monoisotopic (exact) mass is 273 g/mol. The van der Waals surface area contributed by atoms with Gasteiger partial charge in [0.15, 0.2) is 0 Å². The number of hydrogen-bond acceptors (Lipinski definition) is 3. The molecule has 1 saturated carbocycles. The molecule has 3 nitrogen and oxygen atoms in total. The van der Waals surface area contributed by atoms with E-state index in [2.05, 4.69) is 23.5 Å². The third-order valence-corrected chi connectivity index (χ3v) is 3.92. The second kappa shape index (κ2) is 6.31. The van der Waals surface area contributed by atoms with Crippen LogP contribution in [0, 0.1) is 0 Å². The van der Waals surface area contributed by atoms with Gasteiger partial charge in [0.25, 0.3) is 0 Å². The number of nitrogens with one attached hydrogen (secondary N) is 1. The summed E-state index contributed by atoms with van der Waals surface area (Å²) in [5.41, 5.74) is 1.22. The molecule has 1 unspecified atom stereocenters. The van der Waals surface area contributed by atoms with Gasteiger partial charge in [0.05, 0.1) is 7.11 Å². The smallest absolute Gasteiger partial charge is 0.128 e. The Hall–Kier alpha value is -1.48. The summed E-state index contributed by atoms with van der Waals surface area (Å²) in [5, 5.41) is 3.55. The molecule has 1 atom stereocenters. The highest BCUT2D eigenvalue weighted by molar-refractivity contribution is 5.41. The van der Waals surface area contributed by atoms with E-state index in [4.69, 9.17) is 9.47 Å². The second-order valence-electron chi connectivity index (χ2n) is 5.64. The lowest BCUT2D eigenvalue weighted by Crippen LogP contribution is -2.19. The molecule has 1 aromatic carbocycles. The van der Waals surface area contributed by atoms with E-state index in [1.54, 1.807) is 7.11 Å². The first-order valence-electron chi connectivity index (χ1n) is 7.59. The first-order chi connectivity index (χ1) is 9.85. The Bertz CT molecular complexity index is 480. The van der Waals surface area contributed by atoms with Crippen molar-refractivity contribution in [2.75, 3.05) is 7.11 Å². The Morgan fingerprint density at radius 3 is 2.85 bits per heavy atom. The topological polar surface area (TPSA) is 30.5 Å². The number of benzene rings is 1. The molecule has 0 spiro atoms. The van der Waals surface area contributed by atoms with Gasteiger partial charge in [-0.05, 0) is 44.2 Å². The lowest BCUT2D eigenvalue weighted by Gasteiger charge is -2.21. The molecule has 1 aromatic rings. The maximum absolute atomic E-state index is 6.17. The van der Waals surface area contributed by atoms with E-state index in [1.807, 2.05) is 12.1 Å². The lowest BCUT2D eigenvalue weighted by atomic mass is 10.1. The van der Waals surface area contributed by atoms with Crippen molar-refractivity contribution < 1.29 is 9.47 Å². The van der Waals surface area contributed by atoms with Gasteiger partial charge in [-0.3, -0.25) is 0 Å². The molecule has 0 aromatic heterocycles. The molecule has 0 aliphatic heterocycles. The number of methoxy groups -OCH3 is 1. The summed E-state index contributed by atoms with van der Waals surface area (Å²) in [6.45, 7) is 0.875. The third kappa shape index (κ3) is 3.54. The van der Waals surface area contributed by atoms with Gasteiger partial charge in [0.1, 0.15) is 17.6 Å². The molecule has 0 saturated heterocycles. The fourth-order valence-electron chi connectivity index (χ4n) is 2.50. The van der Waals surface area contributed by atoms with Crippen LogP contribution in [0.1, 0.15) is 37.7 Å².